The van der Waals surface area contributed by atoms with Crippen LogP contribution in [0.1, 0.15) is 18.9 Å². The number of fused-ring (bicyclic) bond motifs is 1. The van der Waals surface area contributed by atoms with Gasteiger partial charge in [-0.2, -0.15) is 0 Å². The first-order valence-electron chi connectivity index (χ1n) is 7.49. The zero-order chi connectivity index (χ0) is 15.2. The first kappa shape index (κ1) is 22.0. The Kier molecular flexibility index (Phi) is 10.2. The SMILES string of the molecule is COC(CN)CC(=O)NCC(C)N1CCc2ccccc21.Cl.Cl. The third-order valence-corrected chi connectivity index (χ3v) is 4.06. The normalized spacial score (nSPS) is 15.0. The van der Waals surface area contributed by atoms with E-state index in [2.05, 4.69) is 41.4 Å². The molecule has 1 heterocycles. The predicted octanol–water partition coefficient (Wildman–Crippen LogP) is 1.76. The second-order valence-corrected chi connectivity index (χ2v) is 5.52. The summed E-state index contributed by atoms with van der Waals surface area (Å²) in [5.41, 5.74) is 8.20. The van der Waals surface area contributed by atoms with E-state index in [1.165, 1.54) is 11.3 Å². The summed E-state index contributed by atoms with van der Waals surface area (Å²) < 4.78 is 5.13. The summed E-state index contributed by atoms with van der Waals surface area (Å²) in [5.74, 6) is -0.00775. The van der Waals surface area contributed by atoms with E-state index >= 15 is 0 Å². The molecule has 1 aliphatic rings. The molecule has 2 rings (SSSR count). The van der Waals surface area contributed by atoms with Crippen LogP contribution in [0, 0.1) is 0 Å². The minimum Gasteiger partial charge on any atom is -0.380 e. The van der Waals surface area contributed by atoms with Crippen LogP contribution in [0.2, 0.25) is 0 Å². The van der Waals surface area contributed by atoms with Gasteiger partial charge in [-0.05, 0) is 25.0 Å². The minimum atomic E-state index is -0.201. The number of hydrogen-bond acceptors (Lipinski definition) is 4. The second kappa shape index (κ2) is 10.7. The van der Waals surface area contributed by atoms with Gasteiger partial charge in [0.1, 0.15) is 0 Å². The van der Waals surface area contributed by atoms with Crippen molar-refractivity contribution in [2.75, 3.05) is 31.6 Å². The molecule has 0 bridgehead atoms. The largest absolute Gasteiger partial charge is 0.380 e. The van der Waals surface area contributed by atoms with Gasteiger partial charge in [0.15, 0.2) is 0 Å². The van der Waals surface area contributed by atoms with E-state index < -0.39 is 0 Å². The Labute approximate surface area is 150 Å². The Morgan fingerprint density at radius 3 is 2.74 bits per heavy atom. The summed E-state index contributed by atoms with van der Waals surface area (Å²) in [6.07, 6.45) is 1.19. The number of nitrogens with two attached hydrogens (primary N) is 1. The van der Waals surface area contributed by atoms with E-state index in [1.54, 1.807) is 7.11 Å². The fraction of sp³-hybridized carbons (Fsp3) is 0.562. The molecule has 0 aromatic heterocycles. The number of carbonyl (C=O) groups is 1. The summed E-state index contributed by atoms with van der Waals surface area (Å²) in [6, 6.07) is 8.73. The third kappa shape index (κ3) is 5.84. The first-order chi connectivity index (χ1) is 10.2. The molecular weight excluding hydrogens is 337 g/mol. The number of nitrogens with one attached hydrogen (secondary N) is 1. The Balaban J connectivity index is 0.00000242. The van der Waals surface area contributed by atoms with Crippen molar-refractivity contribution in [3.05, 3.63) is 29.8 Å². The van der Waals surface area contributed by atoms with Crippen LogP contribution in [0.3, 0.4) is 0 Å². The highest BCUT2D eigenvalue weighted by molar-refractivity contribution is 5.85. The summed E-state index contributed by atoms with van der Waals surface area (Å²) in [5, 5.41) is 2.97. The van der Waals surface area contributed by atoms with Crippen LogP contribution >= 0.6 is 24.8 Å². The van der Waals surface area contributed by atoms with Crippen LogP contribution in [0.25, 0.3) is 0 Å². The van der Waals surface area contributed by atoms with Gasteiger partial charge >= 0.3 is 0 Å². The number of para-hydroxylation sites is 1. The van der Waals surface area contributed by atoms with Crippen LogP contribution in [0.15, 0.2) is 24.3 Å². The summed E-state index contributed by atoms with van der Waals surface area (Å²) in [7, 11) is 1.58. The van der Waals surface area contributed by atoms with Gasteiger partial charge in [-0.3, -0.25) is 4.79 Å². The molecule has 1 amide bonds. The van der Waals surface area contributed by atoms with E-state index in [0.29, 0.717) is 19.5 Å². The van der Waals surface area contributed by atoms with Gasteiger partial charge in [-0.1, -0.05) is 18.2 Å². The average molecular weight is 364 g/mol. The van der Waals surface area contributed by atoms with E-state index in [4.69, 9.17) is 10.5 Å². The monoisotopic (exact) mass is 363 g/mol. The summed E-state index contributed by atoms with van der Waals surface area (Å²) >= 11 is 0. The minimum absolute atomic E-state index is 0. The lowest BCUT2D eigenvalue weighted by molar-refractivity contribution is -0.123. The highest BCUT2D eigenvalue weighted by Crippen LogP contribution is 2.28. The number of anilines is 1. The second-order valence-electron chi connectivity index (χ2n) is 5.52. The zero-order valence-corrected chi connectivity index (χ0v) is 15.3. The molecule has 23 heavy (non-hydrogen) atoms. The Morgan fingerprint density at radius 2 is 2.09 bits per heavy atom. The van der Waals surface area contributed by atoms with Gasteiger partial charge in [-0.15, -0.1) is 24.8 Å². The Bertz CT molecular complexity index is 484. The van der Waals surface area contributed by atoms with Gasteiger partial charge in [0.2, 0.25) is 5.91 Å². The molecule has 0 saturated heterocycles. The van der Waals surface area contributed by atoms with Crippen molar-refractivity contribution in [2.45, 2.75) is 31.9 Å². The molecule has 7 heteroatoms. The predicted molar refractivity (Wildman–Crippen MR) is 98.9 cm³/mol. The van der Waals surface area contributed by atoms with Gasteiger partial charge in [0, 0.05) is 38.5 Å². The number of methoxy groups -OCH3 is 1. The molecule has 3 N–H and O–H groups in total. The molecule has 1 aliphatic heterocycles. The van der Waals surface area contributed by atoms with Crippen LogP contribution in [-0.4, -0.2) is 44.8 Å². The number of benzene rings is 1. The maximum atomic E-state index is 11.9. The molecule has 0 saturated carbocycles. The summed E-state index contributed by atoms with van der Waals surface area (Å²) in [6.45, 7) is 4.14. The summed E-state index contributed by atoms with van der Waals surface area (Å²) in [4.78, 5) is 14.2. The molecule has 0 fully saturated rings. The van der Waals surface area contributed by atoms with Crippen molar-refractivity contribution in [3.63, 3.8) is 0 Å². The number of hydrogen-bond donors (Lipinski definition) is 2. The molecule has 0 spiro atoms. The van der Waals surface area contributed by atoms with Crippen molar-refractivity contribution in [1.29, 1.82) is 0 Å². The molecule has 1 aromatic rings. The number of carbonyl (C=O) groups excluding carboxylic acids is 1. The van der Waals surface area contributed by atoms with Crippen molar-refractivity contribution in [3.8, 4) is 0 Å². The maximum absolute atomic E-state index is 11.9. The maximum Gasteiger partial charge on any atom is 0.222 e. The molecule has 132 valence electrons. The molecular formula is C16H27Cl2N3O2. The van der Waals surface area contributed by atoms with Crippen molar-refractivity contribution < 1.29 is 9.53 Å². The molecule has 2 unspecified atom stereocenters. The molecule has 0 radical (unpaired) electrons. The van der Waals surface area contributed by atoms with Crippen LogP contribution in [-0.2, 0) is 16.0 Å². The van der Waals surface area contributed by atoms with Gasteiger partial charge < -0.3 is 20.7 Å². The van der Waals surface area contributed by atoms with E-state index in [-0.39, 0.29) is 42.9 Å². The van der Waals surface area contributed by atoms with Crippen molar-refractivity contribution >= 4 is 36.4 Å². The first-order valence-corrected chi connectivity index (χ1v) is 7.49. The van der Waals surface area contributed by atoms with Gasteiger partial charge in [0.05, 0.1) is 12.5 Å². The topological polar surface area (TPSA) is 67.6 Å². The molecule has 1 aromatic carbocycles. The van der Waals surface area contributed by atoms with Crippen LogP contribution in [0.4, 0.5) is 5.69 Å². The van der Waals surface area contributed by atoms with Crippen LogP contribution < -0.4 is 16.0 Å². The number of amides is 1. The molecule has 0 aliphatic carbocycles. The van der Waals surface area contributed by atoms with E-state index in [9.17, 15) is 4.79 Å². The number of ether oxygens (including phenoxy) is 1. The number of rotatable bonds is 7. The average Bonchev–Trinajstić information content (AvgIpc) is 2.94. The lowest BCUT2D eigenvalue weighted by Crippen LogP contribution is -2.42. The van der Waals surface area contributed by atoms with Crippen molar-refractivity contribution in [2.24, 2.45) is 5.73 Å². The lowest BCUT2D eigenvalue weighted by atomic mass is 10.1. The van der Waals surface area contributed by atoms with Gasteiger partial charge in [-0.25, -0.2) is 0 Å². The fourth-order valence-corrected chi connectivity index (χ4v) is 2.74. The fourth-order valence-electron chi connectivity index (χ4n) is 2.74. The standard InChI is InChI=1S/C16H25N3O2.2ClH/c1-12(11-18-16(20)9-14(10-17)21-2)19-8-7-13-5-3-4-6-15(13)19;;/h3-6,12,14H,7-11,17H2,1-2H3,(H,18,20);2*1H. The zero-order valence-electron chi connectivity index (χ0n) is 13.7. The van der Waals surface area contributed by atoms with E-state index in [0.717, 1.165) is 13.0 Å². The lowest BCUT2D eigenvalue weighted by Gasteiger charge is -2.27. The quantitative estimate of drug-likeness (QED) is 0.774. The molecule has 5 nitrogen and oxygen atoms in total. The third-order valence-electron chi connectivity index (χ3n) is 4.06. The van der Waals surface area contributed by atoms with Crippen LogP contribution in [0.5, 0.6) is 0 Å². The highest BCUT2D eigenvalue weighted by Gasteiger charge is 2.23. The van der Waals surface area contributed by atoms with Crippen molar-refractivity contribution in [1.82, 2.24) is 5.32 Å². The van der Waals surface area contributed by atoms with E-state index in [1.807, 2.05) is 0 Å². The smallest absolute Gasteiger partial charge is 0.222 e. The Hall–Kier alpha value is -1.01. The highest BCUT2D eigenvalue weighted by atomic mass is 35.5. The number of nitrogens with zero attached hydrogens (tertiary/aromatic N) is 1. The number of halogens is 2. The molecule has 2 atom stereocenters. The Morgan fingerprint density at radius 1 is 1.39 bits per heavy atom. The van der Waals surface area contributed by atoms with Gasteiger partial charge in [0.25, 0.3) is 0 Å².